The topological polar surface area (TPSA) is 52.3 Å². The van der Waals surface area contributed by atoms with Gasteiger partial charge in [0.2, 0.25) is 0 Å². The number of aryl methyl sites for hydroxylation is 1. The first-order valence-corrected chi connectivity index (χ1v) is 5.45. The van der Waals surface area contributed by atoms with Crippen molar-refractivity contribution in [3.8, 4) is 0 Å². The van der Waals surface area contributed by atoms with Crippen LogP contribution in [0.3, 0.4) is 0 Å². The smallest absolute Gasteiger partial charge is 0.338 e. The molecule has 0 heterocycles. The van der Waals surface area contributed by atoms with E-state index in [0.717, 1.165) is 17.7 Å². The zero-order valence-corrected chi connectivity index (χ0v) is 10.3. The van der Waals surface area contributed by atoms with Gasteiger partial charge in [0.25, 0.3) is 0 Å². The highest BCUT2D eigenvalue weighted by atomic mass is 16.6. The van der Waals surface area contributed by atoms with Crippen molar-refractivity contribution in [3.05, 3.63) is 29.3 Å². The van der Waals surface area contributed by atoms with Crippen molar-refractivity contribution in [1.29, 1.82) is 0 Å². The number of esters is 1. The molecule has 0 aliphatic rings. The van der Waals surface area contributed by atoms with Crippen LogP contribution in [0.25, 0.3) is 0 Å². The molecular weight excluding hydrogens is 202 g/mol. The number of hydrogen-bond donors (Lipinski definition) is 1. The van der Waals surface area contributed by atoms with Gasteiger partial charge in [-0.05, 0) is 51.0 Å². The summed E-state index contributed by atoms with van der Waals surface area (Å²) < 4.78 is 5.28. The molecule has 1 rings (SSSR count). The van der Waals surface area contributed by atoms with Gasteiger partial charge in [0.05, 0.1) is 5.56 Å². The van der Waals surface area contributed by atoms with E-state index in [1.807, 2.05) is 27.7 Å². The summed E-state index contributed by atoms with van der Waals surface area (Å²) in [6.45, 7) is 7.55. The van der Waals surface area contributed by atoms with Gasteiger partial charge in [0.1, 0.15) is 5.60 Å². The molecule has 1 aromatic rings. The lowest BCUT2D eigenvalue weighted by atomic mass is 10.1. The number of ether oxygens (including phenoxy) is 1. The van der Waals surface area contributed by atoms with Crippen molar-refractivity contribution >= 4 is 11.7 Å². The molecule has 0 atom stereocenters. The Morgan fingerprint density at radius 3 is 2.50 bits per heavy atom. The van der Waals surface area contributed by atoms with Crippen LogP contribution in [0.5, 0.6) is 0 Å². The van der Waals surface area contributed by atoms with E-state index in [-0.39, 0.29) is 5.97 Å². The number of anilines is 1. The molecule has 0 bridgehead atoms. The van der Waals surface area contributed by atoms with E-state index in [2.05, 4.69) is 0 Å². The Morgan fingerprint density at radius 2 is 2.00 bits per heavy atom. The fourth-order valence-corrected chi connectivity index (χ4v) is 1.38. The van der Waals surface area contributed by atoms with Crippen LogP contribution in [0.1, 0.15) is 43.6 Å². The summed E-state index contributed by atoms with van der Waals surface area (Å²) in [7, 11) is 0. The first-order chi connectivity index (χ1) is 7.33. The molecule has 0 aliphatic heterocycles. The molecule has 3 heteroatoms. The van der Waals surface area contributed by atoms with Crippen LogP contribution >= 0.6 is 0 Å². The largest absolute Gasteiger partial charge is 0.456 e. The summed E-state index contributed by atoms with van der Waals surface area (Å²) in [5, 5.41) is 0. The highest BCUT2D eigenvalue weighted by Gasteiger charge is 2.18. The van der Waals surface area contributed by atoms with Crippen LogP contribution in [-0.4, -0.2) is 11.6 Å². The Kier molecular flexibility index (Phi) is 3.58. The van der Waals surface area contributed by atoms with E-state index < -0.39 is 5.60 Å². The average Bonchev–Trinajstić information content (AvgIpc) is 2.15. The number of nitrogen functional groups attached to an aromatic ring is 1. The summed E-state index contributed by atoms with van der Waals surface area (Å²) in [6, 6.07) is 5.24. The summed E-state index contributed by atoms with van der Waals surface area (Å²) in [5.41, 5.74) is 7.56. The van der Waals surface area contributed by atoms with E-state index in [1.165, 1.54) is 0 Å². The second kappa shape index (κ2) is 4.56. The first kappa shape index (κ1) is 12.6. The Morgan fingerprint density at radius 1 is 1.38 bits per heavy atom. The Hall–Kier alpha value is -1.51. The lowest BCUT2D eigenvalue weighted by Gasteiger charge is -2.19. The number of hydrogen-bond acceptors (Lipinski definition) is 3. The van der Waals surface area contributed by atoms with Gasteiger partial charge >= 0.3 is 5.97 Å². The average molecular weight is 221 g/mol. The molecule has 0 aromatic heterocycles. The van der Waals surface area contributed by atoms with Crippen molar-refractivity contribution in [2.75, 3.05) is 5.73 Å². The van der Waals surface area contributed by atoms with E-state index in [0.29, 0.717) is 5.56 Å². The van der Waals surface area contributed by atoms with Gasteiger partial charge < -0.3 is 10.5 Å². The highest BCUT2D eigenvalue weighted by molar-refractivity contribution is 5.90. The third-order valence-corrected chi connectivity index (χ3v) is 2.16. The van der Waals surface area contributed by atoms with Gasteiger partial charge in [0, 0.05) is 5.69 Å². The normalized spacial score (nSPS) is 11.2. The minimum Gasteiger partial charge on any atom is -0.456 e. The van der Waals surface area contributed by atoms with Crippen molar-refractivity contribution in [3.63, 3.8) is 0 Å². The Balaban J connectivity index is 2.93. The maximum Gasteiger partial charge on any atom is 0.338 e. The molecule has 0 saturated heterocycles. The molecule has 0 radical (unpaired) electrons. The van der Waals surface area contributed by atoms with Crippen molar-refractivity contribution in [2.24, 2.45) is 0 Å². The van der Waals surface area contributed by atoms with Gasteiger partial charge in [-0.15, -0.1) is 0 Å². The molecule has 2 N–H and O–H groups in total. The summed E-state index contributed by atoms with van der Waals surface area (Å²) in [4.78, 5) is 11.8. The predicted molar refractivity (Wildman–Crippen MR) is 65.4 cm³/mol. The van der Waals surface area contributed by atoms with E-state index in [1.54, 1.807) is 18.2 Å². The van der Waals surface area contributed by atoms with Crippen molar-refractivity contribution in [1.82, 2.24) is 0 Å². The van der Waals surface area contributed by atoms with Crippen LogP contribution in [0.15, 0.2) is 18.2 Å². The highest BCUT2D eigenvalue weighted by Crippen LogP contribution is 2.17. The van der Waals surface area contributed by atoms with Crippen molar-refractivity contribution < 1.29 is 9.53 Å². The standard InChI is InChI=1S/C13H19NO2/c1-5-9-8-10(6-7-11(9)14)12(15)16-13(2,3)4/h6-8H,5,14H2,1-4H3. The number of carbonyl (C=O) groups is 1. The molecule has 0 unspecified atom stereocenters. The number of benzene rings is 1. The monoisotopic (exact) mass is 221 g/mol. The number of carbonyl (C=O) groups excluding carboxylic acids is 1. The summed E-state index contributed by atoms with van der Waals surface area (Å²) in [5.74, 6) is -0.304. The molecule has 0 saturated carbocycles. The van der Waals surface area contributed by atoms with Crippen LogP contribution in [0, 0.1) is 0 Å². The molecule has 88 valence electrons. The Labute approximate surface area is 96.6 Å². The zero-order valence-electron chi connectivity index (χ0n) is 10.3. The second-order valence-corrected chi connectivity index (χ2v) is 4.77. The fourth-order valence-electron chi connectivity index (χ4n) is 1.38. The lowest BCUT2D eigenvalue weighted by molar-refractivity contribution is 0.00695. The van der Waals surface area contributed by atoms with Crippen LogP contribution in [0.2, 0.25) is 0 Å². The van der Waals surface area contributed by atoms with E-state index in [4.69, 9.17) is 10.5 Å². The minimum atomic E-state index is -0.467. The summed E-state index contributed by atoms with van der Waals surface area (Å²) >= 11 is 0. The lowest BCUT2D eigenvalue weighted by Crippen LogP contribution is -2.24. The van der Waals surface area contributed by atoms with E-state index >= 15 is 0 Å². The molecule has 0 aliphatic carbocycles. The van der Waals surface area contributed by atoms with Gasteiger partial charge in [-0.25, -0.2) is 4.79 Å². The van der Waals surface area contributed by atoms with Crippen LogP contribution in [0.4, 0.5) is 5.69 Å². The summed E-state index contributed by atoms with van der Waals surface area (Å²) in [6.07, 6.45) is 0.808. The van der Waals surface area contributed by atoms with Crippen molar-refractivity contribution in [2.45, 2.75) is 39.7 Å². The molecule has 1 aromatic carbocycles. The molecule has 0 spiro atoms. The second-order valence-electron chi connectivity index (χ2n) is 4.77. The number of rotatable bonds is 2. The quantitative estimate of drug-likeness (QED) is 0.617. The van der Waals surface area contributed by atoms with Crippen LogP contribution < -0.4 is 5.73 Å². The van der Waals surface area contributed by atoms with Gasteiger partial charge in [-0.2, -0.15) is 0 Å². The third-order valence-electron chi connectivity index (χ3n) is 2.16. The minimum absolute atomic E-state index is 0.304. The van der Waals surface area contributed by atoms with E-state index in [9.17, 15) is 4.79 Å². The molecule has 16 heavy (non-hydrogen) atoms. The molecule has 0 amide bonds. The number of nitrogens with two attached hydrogens (primary N) is 1. The zero-order chi connectivity index (χ0) is 12.3. The molecule has 0 fully saturated rings. The van der Waals surface area contributed by atoms with Crippen LogP contribution in [-0.2, 0) is 11.2 Å². The maximum absolute atomic E-state index is 11.8. The fraction of sp³-hybridized carbons (Fsp3) is 0.462. The van der Waals surface area contributed by atoms with Gasteiger partial charge in [-0.3, -0.25) is 0 Å². The Bertz CT molecular complexity index is 391. The molecular formula is C13H19NO2. The SMILES string of the molecule is CCc1cc(C(=O)OC(C)(C)C)ccc1N. The first-order valence-electron chi connectivity index (χ1n) is 5.45. The van der Waals surface area contributed by atoms with Gasteiger partial charge in [0.15, 0.2) is 0 Å². The maximum atomic E-state index is 11.8. The van der Waals surface area contributed by atoms with Gasteiger partial charge in [-0.1, -0.05) is 6.92 Å². The predicted octanol–water partition coefficient (Wildman–Crippen LogP) is 2.79. The molecule has 3 nitrogen and oxygen atoms in total. The third kappa shape index (κ3) is 3.26.